The zero-order valence-corrected chi connectivity index (χ0v) is 10.00. The third kappa shape index (κ3) is 3.49. The van der Waals surface area contributed by atoms with Crippen LogP contribution in [-0.2, 0) is 0 Å². The van der Waals surface area contributed by atoms with Crippen molar-refractivity contribution in [2.45, 2.75) is 0 Å². The minimum atomic E-state index is -0.233. The summed E-state index contributed by atoms with van der Waals surface area (Å²) in [6, 6.07) is 8.24. The molecule has 0 unspecified atom stereocenters. The van der Waals surface area contributed by atoms with Gasteiger partial charge in [0.2, 0.25) is 0 Å². The topological polar surface area (TPSA) is 86.0 Å². The first-order chi connectivity index (χ1) is 8.08. The van der Waals surface area contributed by atoms with Gasteiger partial charge in [0.1, 0.15) is 17.8 Å². The molecule has 0 bridgehead atoms. The Bertz CT molecular complexity index is 576. The number of hydrogen-bond acceptors (Lipinski definition) is 4. The Labute approximate surface area is 108 Å². The number of allylic oxidation sites excluding steroid dienone is 2. The van der Waals surface area contributed by atoms with E-state index in [9.17, 15) is 0 Å². The lowest BCUT2D eigenvalue weighted by atomic mass is 10.2. The summed E-state index contributed by atoms with van der Waals surface area (Å²) in [5.41, 5.74) is 5.56. The van der Waals surface area contributed by atoms with Gasteiger partial charge in [-0.15, -0.1) is 0 Å². The Morgan fingerprint density at radius 1 is 1.24 bits per heavy atom. The zero-order valence-electron chi connectivity index (χ0n) is 8.48. The first-order valence-corrected chi connectivity index (χ1v) is 5.13. The van der Waals surface area contributed by atoms with Gasteiger partial charge in [0, 0.05) is 6.21 Å². The van der Waals surface area contributed by atoms with Crippen molar-refractivity contribution < 1.29 is 0 Å². The van der Waals surface area contributed by atoms with E-state index in [-0.39, 0.29) is 11.4 Å². The number of aliphatic imine (C=N–C) groups is 1. The quantitative estimate of drug-likeness (QED) is 0.658. The molecule has 0 spiro atoms. The molecule has 0 aliphatic heterocycles. The van der Waals surface area contributed by atoms with Crippen LogP contribution in [0.4, 0.5) is 0 Å². The van der Waals surface area contributed by atoms with E-state index >= 15 is 0 Å². The van der Waals surface area contributed by atoms with Gasteiger partial charge in [0.25, 0.3) is 0 Å². The molecule has 0 amide bonds. The number of nitrogens with zero attached hydrogens (tertiary/aromatic N) is 3. The summed E-state index contributed by atoms with van der Waals surface area (Å²) in [7, 11) is 0. The summed E-state index contributed by atoms with van der Waals surface area (Å²) >= 11 is 11.5. The third-order valence-electron chi connectivity index (χ3n) is 1.77. The molecule has 0 aromatic heterocycles. The summed E-state index contributed by atoms with van der Waals surface area (Å²) in [6.45, 7) is 0. The minimum absolute atomic E-state index is 0.140. The van der Waals surface area contributed by atoms with Crippen LogP contribution in [0.5, 0.6) is 0 Å². The van der Waals surface area contributed by atoms with E-state index in [1.807, 2.05) is 0 Å². The summed E-state index contributed by atoms with van der Waals surface area (Å²) in [6.07, 6.45) is 1.38. The second kappa shape index (κ2) is 5.91. The number of benzene rings is 1. The van der Waals surface area contributed by atoms with Crippen molar-refractivity contribution >= 4 is 29.4 Å². The molecule has 4 nitrogen and oxygen atoms in total. The van der Waals surface area contributed by atoms with Crippen LogP contribution < -0.4 is 5.73 Å². The number of nitrogens with two attached hydrogens (primary N) is 1. The van der Waals surface area contributed by atoms with Gasteiger partial charge in [-0.25, -0.2) is 4.99 Å². The van der Waals surface area contributed by atoms with Crippen LogP contribution in [-0.4, -0.2) is 6.21 Å². The van der Waals surface area contributed by atoms with Crippen molar-refractivity contribution in [3.05, 3.63) is 45.2 Å². The Kier molecular flexibility index (Phi) is 4.54. The molecule has 0 heterocycles. The standard InChI is InChI=1S/C11H6Cl2N4/c12-8-2-1-7(3-9(8)13)6-17-11(5-15)10(16)4-14/h1-3,6H,16H2/b11-10-,17-6+. The first-order valence-electron chi connectivity index (χ1n) is 4.37. The Morgan fingerprint density at radius 3 is 2.47 bits per heavy atom. The normalized spacial score (nSPS) is 11.8. The van der Waals surface area contributed by atoms with Crippen molar-refractivity contribution in [2.24, 2.45) is 10.7 Å². The smallest absolute Gasteiger partial charge is 0.174 e. The summed E-state index contributed by atoms with van der Waals surface area (Å²) < 4.78 is 0. The highest BCUT2D eigenvalue weighted by molar-refractivity contribution is 6.42. The average Bonchev–Trinajstić information content (AvgIpc) is 2.33. The highest BCUT2D eigenvalue weighted by atomic mass is 35.5. The monoisotopic (exact) mass is 264 g/mol. The summed E-state index contributed by atoms with van der Waals surface area (Å²) in [4.78, 5) is 3.80. The van der Waals surface area contributed by atoms with Crippen LogP contribution >= 0.6 is 23.2 Å². The first kappa shape index (κ1) is 13.1. The zero-order chi connectivity index (χ0) is 12.8. The maximum Gasteiger partial charge on any atom is 0.174 e. The molecule has 0 fully saturated rings. The van der Waals surface area contributed by atoms with Gasteiger partial charge in [-0.2, -0.15) is 10.5 Å². The van der Waals surface area contributed by atoms with Crippen LogP contribution in [0, 0.1) is 22.7 Å². The maximum absolute atomic E-state index is 8.70. The minimum Gasteiger partial charge on any atom is -0.388 e. The Balaban J connectivity index is 3.04. The SMILES string of the molecule is N#C/C(N)=C(C#N)/N=C/c1ccc(Cl)c(Cl)c1. The highest BCUT2D eigenvalue weighted by Gasteiger charge is 2.00. The molecule has 17 heavy (non-hydrogen) atoms. The van der Waals surface area contributed by atoms with E-state index in [4.69, 9.17) is 39.5 Å². The molecule has 1 rings (SSSR count). The van der Waals surface area contributed by atoms with Gasteiger partial charge in [0.05, 0.1) is 10.0 Å². The van der Waals surface area contributed by atoms with Crippen LogP contribution in [0.15, 0.2) is 34.6 Å². The lowest BCUT2D eigenvalue weighted by Gasteiger charge is -1.97. The Hall–Kier alpha value is -2.01. The van der Waals surface area contributed by atoms with Crippen LogP contribution in [0.2, 0.25) is 10.0 Å². The number of hydrogen-bond donors (Lipinski definition) is 1. The van der Waals surface area contributed by atoms with E-state index < -0.39 is 0 Å². The lowest BCUT2D eigenvalue weighted by molar-refractivity contribution is 1.27. The van der Waals surface area contributed by atoms with Crippen molar-refractivity contribution in [2.75, 3.05) is 0 Å². The Morgan fingerprint density at radius 2 is 1.94 bits per heavy atom. The van der Waals surface area contributed by atoms with E-state index in [1.165, 1.54) is 6.21 Å². The van der Waals surface area contributed by atoms with E-state index in [0.29, 0.717) is 15.6 Å². The summed E-state index contributed by atoms with van der Waals surface area (Å²) in [5.74, 6) is 0. The van der Waals surface area contributed by atoms with E-state index in [2.05, 4.69) is 4.99 Å². The van der Waals surface area contributed by atoms with Gasteiger partial charge >= 0.3 is 0 Å². The van der Waals surface area contributed by atoms with Gasteiger partial charge in [-0.05, 0) is 17.7 Å². The highest BCUT2D eigenvalue weighted by Crippen LogP contribution is 2.21. The fraction of sp³-hybridized carbons (Fsp3) is 0. The molecule has 1 aromatic rings. The van der Waals surface area contributed by atoms with Crippen molar-refractivity contribution in [3.63, 3.8) is 0 Å². The van der Waals surface area contributed by atoms with Gasteiger partial charge in [-0.3, -0.25) is 0 Å². The molecule has 0 saturated carbocycles. The molecular weight excluding hydrogens is 259 g/mol. The second-order valence-electron chi connectivity index (χ2n) is 2.92. The second-order valence-corrected chi connectivity index (χ2v) is 3.73. The van der Waals surface area contributed by atoms with Gasteiger partial charge in [0.15, 0.2) is 5.70 Å². The number of nitriles is 2. The van der Waals surface area contributed by atoms with Crippen molar-refractivity contribution in [3.8, 4) is 12.1 Å². The van der Waals surface area contributed by atoms with Crippen molar-refractivity contribution in [1.82, 2.24) is 0 Å². The molecule has 2 N–H and O–H groups in total. The fourth-order valence-corrected chi connectivity index (χ4v) is 1.25. The molecule has 0 radical (unpaired) electrons. The number of halogens is 2. The summed E-state index contributed by atoms with van der Waals surface area (Å²) in [5, 5.41) is 18.0. The molecular formula is C11H6Cl2N4. The molecule has 0 aliphatic carbocycles. The van der Waals surface area contributed by atoms with Crippen LogP contribution in [0.1, 0.15) is 5.56 Å². The molecule has 84 valence electrons. The molecule has 0 aliphatic rings. The van der Waals surface area contributed by atoms with Gasteiger partial charge < -0.3 is 5.73 Å². The van der Waals surface area contributed by atoms with Crippen molar-refractivity contribution in [1.29, 1.82) is 10.5 Å². The fourth-order valence-electron chi connectivity index (χ4n) is 0.943. The molecule has 6 heteroatoms. The van der Waals surface area contributed by atoms with Crippen LogP contribution in [0.3, 0.4) is 0 Å². The number of rotatable bonds is 2. The maximum atomic E-state index is 8.70. The van der Waals surface area contributed by atoms with Crippen LogP contribution in [0.25, 0.3) is 0 Å². The molecule has 1 aromatic carbocycles. The molecule has 0 saturated heterocycles. The largest absolute Gasteiger partial charge is 0.388 e. The predicted octanol–water partition coefficient (Wildman–Crippen LogP) is 2.63. The third-order valence-corrected chi connectivity index (χ3v) is 2.51. The average molecular weight is 265 g/mol. The van der Waals surface area contributed by atoms with E-state index in [0.717, 1.165) is 0 Å². The lowest BCUT2D eigenvalue weighted by Crippen LogP contribution is -1.97. The predicted molar refractivity (Wildman–Crippen MR) is 66.5 cm³/mol. The van der Waals surface area contributed by atoms with E-state index in [1.54, 1.807) is 30.3 Å². The molecule has 0 atom stereocenters. The van der Waals surface area contributed by atoms with Gasteiger partial charge in [-0.1, -0.05) is 29.3 Å².